The molecule has 0 aromatic heterocycles. The Bertz CT molecular complexity index is 362. The van der Waals surface area contributed by atoms with Gasteiger partial charge in [0.15, 0.2) is 17.8 Å². The largest absolute Gasteiger partial charge is 0.486 e. The van der Waals surface area contributed by atoms with E-state index < -0.39 is 6.10 Å². The van der Waals surface area contributed by atoms with E-state index in [4.69, 9.17) is 14.2 Å². The molecule has 0 spiro atoms. The summed E-state index contributed by atoms with van der Waals surface area (Å²) in [5.41, 5.74) is 0.775. The summed E-state index contributed by atoms with van der Waals surface area (Å²) in [4.78, 5) is 10.7. The number of ether oxygens (including phenoxy) is 3. The molecule has 4 nitrogen and oxygen atoms in total. The lowest BCUT2D eigenvalue weighted by atomic mass is 10.1. The van der Waals surface area contributed by atoms with E-state index >= 15 is 0 Å². The van der Waals surface area contributed by atoms with Gasteiger partial charge in [0, 0.05) is 7.11 Å². The molecule has 0 saturated carbocycles. The molecular formula is C11H12O4. The summed E-state index contributed by atoms with van der Waals surface area (Å²) < 4.78 is 15.8. The molecule has 0 fully saturated rings. The van der Waals surface area contributed by atoms with Crippen LogP contribution in [0.5, 0.6) is 11.5 Å². The van der Waals surface area contributed by atoms with Crippen molar-refractivity contribution in [3.8, 4) is 11.5 Å². The fourth-order valence-electron chi connectivity index (χ4n) is 1.51. The van der Waals surface area contributed by atoms with E-state index in [1.165, 1.54) is 7.11 Å². The average molecular weight is 208 g/mol. The van der Waals surface area contributed by atoms with E-state index in [0.717, 1.165) is 11.8 Å². The third-order valence-corrected chi connectivity index (χ3v) is 2.27. The fraction of sp³-hybridized carbons (Fsp3) is 0.364. The molecule has 1 unspecified atom stereocenters. The summed E-state index contributed by atoms with van der Waals surface area (Å²) in [5, 5.41) is 0. The molecule has 80 valence electrons. The molecule has 0 N–H and O–H groups in total. The summed E-state index contributed by atoms with van der Waals surface area (Å²) in [7, 11) is 1.50. The minimum absolute atomic E-state index is 0.537. The van der Waals surface area contributed by atoms with Crippen molar-refractivity contribution in [2.75, 3.05) is 20.3 Å². The summed E-state index contributed by atoms with van der Waals surface area (Å²) >= 11 is 0. The molecule has 0 bridgehead atoms. The first kappa shape index (κ1) is 9.98. The van der Waals surface area contributed by atoms with Crippen LogP contribution in [0.1, 0.15) is 11.7 Å². The lowest BCUT2D eigenvalue weighted by molar-refractivity contribution is -0.116. The Morgan fingerprint density at radius 2 is 2.07 bits per heavy atom. The molecule has 0 aliphatic carbocycles. The topological polar surface area (TPSA) is 44.8 Å². The van der Waals surface area contributed by atoms with Gasteiger partial charge in [-0.15, -0.1) is 0 Å². The SMILES string of the molecule is COC(C=O)c1ccc2c(c1)OCCO2. The number of hydrogen-bond donors (Lipinski definition) is 0. The van der Waals surface area contributed by atoms with Crippen molar-refractivity contribution in [2.45, 2.75) is 6.10 Å². The number of aldehydes is 1. The van der Waals surface area contributed by atoms with Crippen molar-refractivity contribution < 1.29 is 19.0 Å². The molecule has 1 atom stereocenters. The average Bonchev–Trinajstić information content (AvgIpc) is 2.30. The first-order chi connectivity index (χ1) is 7.35. The molecule has 2 rings (SSSR count). The van der Waals surface area contributed by atoms with Crippen LogP contribution in [-0.2, 0) is 9.53 Å². The number of hydrogen-bond acceptors (Lipinski definition) is 4. The second-order valence-corrected chi connectivity index (χ2v) is 3.20. The van der Waals surface area contributed by atoms with Gasteiger partial charge in [0.05, 0.1) is 0 Å². The summed E-state index contributed by atoms with van der Waals surface area (Å²) in [5.74, 6) is 1.38. The van der Waals surface area contributed by atoms with E-state index in [2.05, 4.69) is 0 Å². The third kappa shape index (κ3) is 1.94. The maximum absolute atomic E-state index is 10.7. The maximum Gasteiger partial charge on any atom is 0.161 e. The number of benzene rings is 1. The van der Waals surface area contributed by atoms with Crippen molar-refractivity contribution in [1.29, 1.82) is 0 Å². The van der Waals surface area contributed by atoms with Crippen molar-refractivity contribution in [1.82, 2.24) is 0 Å². The van der Waals surface area contributed by atoms with Crippen LogP contribution in [0.4, 0.5) is 0 Å². The van der Waals surface area contributed by atoms with Gasteiger partial charge in [-0.1, -0.05) is 6.07 Å². The van der Waals surface area contributed by atoms with Gasteiger partial charge in [-0.2, -0.15) is 0 Å². The van der Waals surface area contributed by atoms with Crippen molar-refractivity contribution in [2.24, 2.45) is 0 Å². The second-order valence-electron chi connectivity index (χ2n) is 3.20. The molecule has 1 aromatic carbocycles. The van der Waals surface area contributed by atoms with Crippen molar-refractivity contribution >= 4 is 6.29 Å². The lowest BCUT2D eigenvalue weighted by Gasteiger charge is -2.19. The number of rotatable bonds is 3. The van der Waals surface area contributed by atoms with Gasteiger partial charge < -0.3 is 19.0 Å². The molecule has 0 saturated heterocycles. The van der Waals surface area contributed by atoms with E-state index in [1.807, 2.05) is 0 Å². The first-order valence-electron chi connectivity index (χ1n) is 4.73. The van der Waals surface area contributed by atoms with Crippen molar-refractivity contribution in [3.05, 3.63) is 23.8 Å². The van der Waals surface area contributed by atoms with E-state index in [0.29, 0.717) is 24.7 Å². The van der Waals surface area contributed by atoms with Crippen LogP contribution >= 0.6 is 0 Å². The quantitative estimate of drug-likeness (QED) is 0.703. The zero-order chi connectivity index (χ0) is 10.7. The standard InChI is InChI=1S/C11H12O4/c1-13-11(7-12)8-2-3-9-10(6-8)15-5-4-14-9/h2-3,6-7,11H,4-5H2,1H3. The van der Waals surface area contributed by atoms with Gasteiger partial charge in [0.1, 0.15) is 19.3 Å². The van der Waals surface area contributed by atoms with Crippen LogP contribution in [0, 0.1) is 0 Å². The van der Waals surface area contributed by atoms with Gasteiger partial charge >= 0.3 is 0 Å². The minimum Gasteiger partial charge on any atom is -0.486 e. The zero-order valence-corrected chi connectivity index (χ0v) is 8.43. The Kier molecular flexibility index (Phi) is 2.87. The predicted octanol–water partition coefficient (Wildman–Crippen LogP) is 1.34. The van der Waals surface area contributed by atoms with Gasteiger partial charge in [-0.25, -0.2) is 0 Å². The minimum atomic E-state index is -0.541. The van der Waals surface area contributed by atoms with E-state index in [1.54, 1.807) is 18.2 Å². The highest BCUT2D eigenvalue weighted by atomic mass is 16.6. The number of carbonyl (C=O) groups is 1. The van der Waals surface area contributed by atoms with Crippen LogP contribution in [0.15, 0.2) is 18.2 Å². The summed E-state index contributed by atoms with van der Waals surface area (Å²) in [6.07, 6.45) is 0.214. The van der Waals surface area contributed by atoms with Gasteiger partial charge in [0.2, 0.25) is 0 Å². The van der Waals surface area contributed by atoms with Crippen LogP contribution in [0.3, 0.4) is 0 Å². The molecule has 1 aliphatic heterocycles. The van der Waals surface area contributed by atoms with Crippen LogP contribution in [0.25, 0.3) is 0 Å². The Morgan fingerprint density at radius 3 is 2.73 bits per heavy atom. The van der Waals surface area contributed by atoms with Crippen molar-refractivity contribution in [3.63, 3.8) is 0 Å². The Morgan fingerprint density at radius 1 is 1.33 bits per heavy atom. The molecule has 4 heteroatoms. The maximum atomic E-state index is 10.7. The van der Waals surface area contributed by atoms with Crippen LogP contribution in [0.2, 0.25) is 0 Å². The smallest absolute Gasteiger partial charge is 0.161 e. The summed E-state index contributed by atoms with van der Waals surface area (Å²) in [6, 6.07) is 5.37. The molecule has 0 amide bonds. The highest BCUT2D eigenvalue weighted by Crippen LogP contribution is 2.32. The molecule has 1 aliphatic rings. The molecule has 0 radical (unpaired) electrons. The summed E-state index contributed by atoms with van der Waals surface area (Å²) in [6.45, 7) is 1.10. The van der Waals surface area contributed by atoms with Gasteiger partial charge in [-0.3, -0.25) is 0 Å². The van der Waals surface area contributed by atoms with Gasteiger partial charge in [-0.05, 0) is 17.7 Å². The van der Waals surface area contributed by atoms with E-state index in [-0.39, 0.29) is 0 Å². The molecule has 1 heterocycles. The predicted molar refractivity (Wildman–Crippen MR) is 53.2 cm³/mol. The monoisotopic (exact) mass is 208 g/mol. The number of fused-ring (bicyclic) bond motifs is 1. The zero-order valence-electron chi connectivity index (χ0n) is 8.43. The highest BCUT2D eigenvalue weighted by molar-refractivity contribution is 5.61. The lowest BCUT2D eigenvalue weighted by Crippen LogP contribution is -2.15. The molecule has 15 heavy (non-hydrogen) atoms. The second kappa shape index (κ2) is 4.31. The molecule has 1 aromatic rings. The third-order valence-electron chi connectivity index (χ3n) is 2.27. The Balaban J connectivity index is 2.30. The van der Waals surface area contributed by atoms with Crippen LogP contribution < -0.4 is 9.47 Å². The fourth-order valence-corrected chi connectivity index (χ4v) is 1.51. The Hall–Kier alpha value is -1.55. The Labute approximate surface area is 87.8 Å². The first-order valence-corrected chi connectivity index (χ1v) is 4.73. The van der Waals surface area contributed by atoms with E-state index in [9.17, 15) is 4.79 Å². The molecular weight excluding hydrogens is 196 g/mol. The van der Waals surface area contributed by atoms with Gasteiger partial charge in [0.25, 0.3) is 0 Å². The number of carbonyl (C=O) groups excluding carboxylic acids is 1. The normalized spacial score (nSPS) is 15.8. The number of methoxy groups -OCH3 is 1. The highest BCUT2D eigenvalue weighted by Gasteiger charge is 2.15. The van der Waals surface area contributed by atoms with Crippen LogP contribution in [-0.4, -0.2) is 26.6 Å².